The van der Waals surface area contributed by atoms with Crippen LogP contribution in [0.5, 0.6) is 0 Å². The van der Waals surface area contributed by atoms with Gasteiger partial charge in [-0.15, -0.1) is 0 Å². The molecular weight excluding hydrogens is 258 g/mol. The van der Waals surface area contributed by atoms with Crippen LogP contribution in [0.15, 0.2) is 60.2 Å². The molecular formula is C18H19N3. The lowest BCUT2D eigenvalue weighted by Gasteiger charge is -2.01. The number of hydrogen-bond donors (Lipinski definition) is 3. The van der Waals surface area contributed by atoms with Crippen molar-refractivity contribution in [3.63, 3.8) is 0 Å². The smallest absolute Gasteiger partial charge is 0.0791 e. The topological polar surface area (TPSA) is 73.7 Å². The zero-order valence-corrected chi connectivity index (χ0v) is 12.3. The monoisotopic (exact) mass is 277 g/mol. The van der Waals surface area contributed by atoms with E-state index in [9.17, 15) is 0 Å². The molecule has 1 aliphatic carbocycles. The molecule has 0 unspecified atom stereocenters. The standard InChI is InChI=1S/C11H11N.C7H8N2/c1-8-5-6-10-9(7-8)3-2-4-11(10)12;1-5-2-3-6(8)7(9)4-5/h2-7H,12H2,1H3;2-4,8-9H,1H3. The number of nitrogen functional groups attached to an aromatic ring is 1. The molecule has 3 heteroatoms. The van der Waals surface area contributed by atoms with Gasteiger partial charge in [0.1, 0.15) is 0 Å². The van der Waals surface area contributed by atoms with Gasteiger partial charge < -0.3 is 5.73 Å². The van der Waals surface area contributed by atoms with Gasteiger partial charge in [-0.05, 0) is 43.0 Å². The van der Waals surface area contributed by atoms with Gasteiger partial charge in [-0.3, -0.25) is 10.8 Å². The Labute approximate surface area is 124 Å². The van der Waals surface area contributed by atoms with Crippen LogP contribution in [0.2, 0.25) is 0 Å². The van der Waals surface area contributed by atoms with Crippen molar-refractivity contribution >= 4 is 27.9 Å². The van der Waals surface area contributed by atoms with Crippen LogP contribution in [0.25, 0.3) is 10.8 Å². The average Bonchev–Trinajstić information content (AvgIpc) is 2.44. The van der Waals surface area contributed by atoms with Crippen molar-refractivity contribution in [2.75, 3.05) is 5.73 Å². The molecule has 0 heterocycles. The number of hydrogen-bond acceptors (Lipinski definition) is 3. The fraction of sp³-hybridized carbons (Fsp3) is 0.111. The maximum absolute atomic E-state index is 7.17. The van der Waals surface area contributed by atoms with E-state index in [-0.39, 0.29) is 0 Å². The summed E-state index contributed by atoms with van der Waals surface area (Å²) in [5.74, 6) is 0. The van der Waals surface area contributed by atoms with E-state index >= 15 is 0 Å². The van der Waals surface area contributed by atoms with E-state index in [1.54, 1.807) is 12.2 Å². The minimum atomic E-state index is 0.292. The third-order valence-corrected chi connectivity index (χ3v) is 3.24. The molecule has 0 radical (unpaired) electrons. The highest BCUT2D eigenvalue weighted by molar-refractivity contribution is 6.49. The maximum Gasteiger partial charge on any atom is 0.0791 e. The minimum absolute atomic E-state index is 0.292. The molecule has 0 aliphatic heterocycles. The van der Waals surface area contributed by atoms with Crippen molar-refractivity contribution in [3.05, 3.63) is 65.8 Å². The molecule has 0 amide bonds. The van der Waals surface area contributed by atoms with Crippen LogP contribution < -0.4 is 5.73 Å². The molecule has 0 bridgehead atoms. The second-order valence-electron chi connectivity index (χ2n) is 5.12. The van der Waals surface area contributed by atoms with Gasteiger partial charge in [0.05, 0.1) is 11.4 Å². The van der Waals surface area contributed by atoms with Crippen molar-refractivity contribution in [2.45, 2.75) is 13.8 Å². The van der Waals surface area contributed by atoms with Crippen LogP contribution in [0, 0.1) is 17.7 Å². The molecule has 0 spiro atoms. The first-order chi connectivity index (χ1) is 9.97. The molecule has 106 valence electrons. The Kier molecular flexibility index (Phi) is 4.33. The van der Waals surface area contributed by atoms with E-state index in [2.05, 4.69) is 31.2 Å². The van der Waals surface area contributed by atoms with Crippen molar-refractivity contribution in [1.29, 1.82) is 10.8 Å². The Morgan fingerprint density at radius 3 is 2.33 bits per heavy atom. The van der Waals surface area contributed by atoms with Gasteiger partial charge >= 0.3 is 0 Å². The zero-order chi connectivity index (χ0) is 15.4. The van der Waals surface area contributed by atoms with Gasteiger partial charge in [0.15, 0.2) is 0 Å². The van der Waals surface area contributed by atoms with Gasteiger partial charge in [0.25, 0.3) is 0 Å². The van der Waals surface area contributed by atoms with Gasteiger partial charge in [-0.25, -0.2) is 0 Å². The second-order valence-corrected chi connectivity index (χ2v) is 5.12. The summed E-state index contributed by atoms with van der Waals surface area (Å²) < 4.78 is 0. The molecule has 0 saturated heterocycles. The fourth-order valence-electron chi connectivity index (χ4n) is 2.09. The van der Waals surface area contributed by atoms with E-state index in [0.717, 1.165) is 16.6 Å². The van der Waals surface area contributed by atoms with Crippen LogP contribution in [0.4, 0.5) is 5.69 Å². The second kappa shape index (κ2) is 6.18. The normalized spacial score (nSPS) is 13.7. The Morgan fingerprint density at radius 2 is 1.67 bits per heavy atom. The Balaban J connectivity index is 0.000000161. The summed E-state index contributed by atoms with van der Waals surface area (Å²) in [7, 11) is 0. The number of anilines is 1. The first-order valence-electron chi connectivity index (χ1n) is 6.76. The molecule has 0 saturated carbocycles. The Morgan fingerprint density at radius 1 is 0.905 bits per heavy atom. The summed E-state index contributed by atoms with van der Waals surface area (Å²) in [4.78, 5) is 0. The first-order valence-corrected chi connectivity index (χ1v) is 6.76. The maximum atomic E-state index is 7.17. The van der Waals surface area contributed by atoms with E-state index in [1.807, 2.05) is 25.1 Å². The summed E-state index contributed by atoms with van der Waals surface area (Å²) in [6.45, 7) is 4.00. The Hall–Kier alpha value is -2.68. The highest BCUT2D eigenvalue weighted by atomic mass is 14.5. The molecule has 1 aliphatic rings. The van der Waals surface area contributed by atoms with Crippen molar-refractivity contribution in [1.82, 2.24) is 0 Å². The first kappa shape index (κ1) is 14.7. The van der Waals surface area contributed by atoms with Gasteiger partial charge in [0, 0.05) is 11.1 Å². The van der Waals surface area contributed by atoms with Crippen molar-refractivity contribution in [3.8, 4) is 0 Å². The summed E-state index contributed by atoms with van der Waals surface area (Å²) in [5, 5.41) is 16.7. The zero-order valence-electron chi connectivity index (χ0n) is 12.3. The highest BCUT2D eigenvalue weighted by Gasteiger charge is 2.01. The molecule has 0 fully saturated rings. The molecule has 2 aromatic carbocycles. The number of allylic oxidation sites excluding steroid dienone is 4. The average molecular weight is 277 g/mol. The fourth-order valence-corrected chi connectivity index (χ4v) is 2.09. The lowest BCUT2D eigenvalue weighted by atomic mass is 10.1. The number of rotatable bonds is 0. The predicted octanol–water partition coefficient (Wildman–Crippen LogP) is 4.27. The van der Waals surface area contributed by atoms with Crippen molar-refractivity contribution in [2.24, 2.45) is 0 Å². The van der Waals surface area contributed by atoms with E-state index in [4.69, 9.17) is 16.6 Å². The van der Waals surface area contributed by atoms with Crippen molar-refractivity contribution < 1.29 is 0 Å². The molecule has 21 heavy (non-hydrogen) atoms. The predicted molar refractivity (Wildman–Crippen MR) is 91.4 cm³/mol. The largest absolute Gasteiger partial charge is 0.398 e. The summed E-state index contributed by atoms with van der Waals surface area (Å²) in [6.07, 6.45) is 5.15. The lowest BCUT2D eigenvalue weighted by molar-refractivity contribution is 1.45. The van der Waals surface area contributed by atoms with Crippen LogP contribution in [-0.2, 0) is 0 Å². The summed E-state index contributed by atoms with van der Waals surface area (Å²) in [6, 6.07) is 12.3. The third-order valence-electron chi connectivity index (χ3n) is 3.24. The Bertz CT molecular complexity index is 767. The van der Waals surface area contributed by atoms with Crippen LogP contribution >= 0.6 is 0 Å². The summed E-state index contributed by atoms with van der Waals surface area (Å²) in [5.41, 5.74) is 9.56. The van der Waals surface area contributed by atoms with E-state index in [0.29, 0.717) is 11.4 Å². The molecule has 3 rings (SSSR count). The van der Waals surface area contributed by atoms with Gasteiger partial charge in [0.2, 0.25) is 0 Å². The van der Waals surface area contributed by atoms with Gasteiger partial charge in [-0.2, -0.15) is 0 Å². The molecule has 3 nitrogen and oxygen atoms in total. The molecule has 4 N–H and O–H groups in total. The van der Waals surface area contributed by atoms with Crippen LogP contribution in [-0.4, -0.2) is 11.4 Å². The molecule has 0 atom stereocenters. The highest BCUT2D eigenvalue weighted by Crippen LogP contribution is 2.21. The van der Waals surface area contributed by atoms with E-state index < -0.39 is 0 Å². The van der Waals surface area contributed by atoms with Crippen LogP contribution in [0.3, 0.4) is 0 Å². The summed E-state index contributed by atoms with van der Waals surface area (Å²) >= 11 is 0. The third kappa shape index (κ3) is 3.66. The van der Waals surface area contributed by atoms with E-state index in [1.165, 1.54) is 10.9 Å². The number of nitrogens with one attached hydrogen (secondary N) is 2. The number of fused-ring (bicyclic) bond motifs is 1. The lowest BCUT2D eigenvalue weighted by Crippen LogP contribution is -2.08. The molecule has 0 aromatic heterocycles. The quantitative estimate of drug-likeness (QED) is 0.488. The molecule has 2 aromatic rings. The SMILES string of the molecule is CC1=CC(=N)C(=N)C=C1.Cc1ccc2c(N)cccc2c1. The number of aryl methyl sites for hydroxylation is 1. The van der Waals surface area contributed by atoms with Crippen LogP contribution in [0.1, 0.15) is 12.5 Å². The number of benzene rings is 2. The number of nitrogens with two attached hydrogens (primary N) is 1. The van der Waals surface area contributed by atoms with Gasteiger partial charge in [-0.1, -0.05) is 42.0 Å². The minimum Gasteiger partial charge on any atom is -0.398 e.